The monoisotopic (exact) mass is 606 g/mol. The molecule has 3 amide bonds. The van der Waals surface area contributed by atoms with Gasteiger partial charge in [0.15, 0.2) is 5.78 Å². The summed E-state index contributed by atoms with van der Waals surface area (Å²) in [5, 5.41) is 8.88. The summed E-state index contributed by atoms with van der Waals surface area (Å²) in [7, 11) is -4.00. The Kier molecular flexibility index (Phi) is 12.1. The van der Waals surface area contributed by atoms with Crippen molar-refractivity contribution in [2.75, 3.05) is 26.2 Å². The molecule has 2 heterocycles. The molecule has 0 spiro atoms. The van der Waals surface area contributed by atoms with Crippen LogP contribution in [0.3, 0.4) is 0 Å². The third-order valence-electron chi connectivity index (χ3n) is 7.00. The van der Waals surface area contributed by atoms with Gasteiger partial charge >= 0.3 is 7.60 Å². The molecule has 12 heteroatoms. The van der Waals surface area contributed by atoms with Crippen LogP contribution in [0.5, 0.6) is 11.5 Å². The van der Waals surface area contributed by atoms with Gasteiger partial charge in [-0.05, 0) is 93.6 Å². The predicted octanol–water partition coefficient (Wildman–Crippen LogP) is 4.74. The summed E-state index contributed by atoms with van der Waals surface area (Å²) in [5.41, 5.74) is 0.914. The van der Waals surface area contributed by atoms with Gasteiger partial charge in [0.2, 0.25) is 5.91 Å². The molecule has 10 nitrogen and oxygen atoms in total. The van der Waals surface area contributed by atoms with Crippen molar-refractivity contribution in [1.82, 2.24) is 20.9 Å². The third kappa shape index (κ3) is 8.24. The van der Waals surface area contributed by atoms with E-state index in [1.807, 2.05) is 13.8 Å². The van der Waals surface area contributed by atoms with Gasteiger partial charge in [-0.25, -0.2) is 4.57 Å². The maximum atomic E-state index is 14.6. The zero-order valence-corrected chi connectivity index (χ0v) is 25.3. The van der Waals surface area contributed by atoms with Gasteiger partial charge in [0.05, 0.1) is 6.04 Å². The van der Waals surface area contributed by atoms with Crippen molar-refractivity contribution in [3.63, 3.8) is 0 Å². The molecule has 0 aromatic heterocycles. The van der Waals surface area contributed by atoms with Crippen molar-refractivity contribution in [2.24, 2.45) is 0 Å². The minimum atomic E-state index is -4.00. The normalized spacial score (nSPS) is 18.3. The zero-order valence-electron chi connectivity index (χ0n) is 23.6. The van der Waals surface area contributed by atoms with Crippen molar-refractivity contribution in [1.29, 1.82) is 0 Å². The van der Waals surface area contributed by atoms with E-state index >= 15 is 0 Å². The molecule has 224 valence electrons. The molecule has 2 saturated heterocycles. The molecule has 2 aromatic rings. The number of nitrogens with one attached hydrogen (secondary N) is 3. The van der Waals surface area contributed by atoms with Crippen LogP contribution >= 0.6 is 20.0 Å². The van der Waals surface area contributed by atoms with Gasteiger partial charge < -0.3 is 29.9 Å². The average molecular weight is 607 g/mol. The number of hydrogen-bond acceptors (Lipinski definition) is 7. The van der Waals surface area contributed by atoms with Crippen molar-refractivity contribution in [3.05, 3.63) is 59.7 Å². The average Bonchev–Trinajstić information content (AvgIpc) is 3.68. The fourth-order valence-electron chi connectivity index (χ4n) is 4.88. The lowest BCUT2D eigenvalue weighted by Crippen LogP contribution is -2.46. The van der Waals surface area contributed by atoms with Gasteiger partial charge in [0, 0.05) is 30.8 Å². The standard InChI is InChI=1S/C29H39N4O6P.ClH/c1-3-17-31-27(34)21-9-13-23(14-10-21)38-40(37,26-8-6-20-33(26)29(36)25-7-5-19-30-25)39-24-15-11-22(12-16-24)28(35)32-18-4-2;/h9-16,25-26,30H,3-8,17-20H2,1-2H3,(H,31,34)(H,32,35);1H/t25-,26+;/m0./s1. The number of halogens is 1. The van der Waals surface area contributed by atoms with Gasteiger partial charge in [0.25, 0.3) is 11.8 Å². The largest absolute Gasteiger partial charge is 0.453 e. The molecule has 2 aliphatic rings. The molecule has 4 rings (SSSR count). The molecule has 0 unspecified atom stereocenters. The zero-order chi connectivity index (χ0) is 28.5. The van der Waals surface area contributed by atoms with E-state index in [0.29, 0.717) is 43.6 Å². The summed E-state index contributed by atoms with van der Waals surface area (Å²) in [5.74, 6) is -0.741. The first-order chi connectivity index (χ1) is 19.3. The number of carbonyl (C=O) groups is 3. The summed E-state index contributed by atoms with van der Waals surface area (Å²) in [4.78, 5) is 39.6. The van der Waals surface area contributed by atoms with Crippen LogP contribution in [-0.2, 0) is 9.36 Å². The third-order valence-corrected chi connectivity index (χ3v) is 9.19. The highest BCUT2D eigenvalue weighted by molar-refractivity contribution is 7.55. The molecule has 0 bridgehead atoms. The highest BCUT2D eigenvalue weighted by Crippen LogP contribution is 2.57. The van der Waals surface area contributed by atoms with Crippen LogP contribution in [0.2, 0.25) is 0 Å². The summed E-state index contributed by atoms with van der Waals surface area (Å²) in [6.07, 6.45) is 4.43. The predicted molar refractivity (Wildman–Crippen MR) is 160 cm³/mol. The van der Waals surface area contributed by atoms with Crippen molar-refractivity contribution < 1.29 is 28.0 Å². The lowest BCUT2D eigenvalue weighted by atomic mass is 10.2. The summed E-state index contributed by atoms with van der Waals surface area (Å²) in [6, 6.07) is 12.4. The molecule has 41 heavy (non-hydrogen) atoms. The molecular formula is C29H40ClN4O6P. The number of rotatable bonds is 12. The minimum absolute atomic E-state index is 0. The second-order valence-corrected chi connectivity index (χ2v) is 12.1. The minimum Gasteiger partial charge on any atom is -0.415 e. The van der Waals surface area contributed by atoms with E-state index in [9.17, 15) is 18.9 Å². The van der Waals surface area contributed by atoms with E-state index < -0.39 is 13.4 Å². The summed E-state index contributed by atoms with van der Waals surface area (Å²) < 4.78 is 26.8. The highest BCUT2D eigenvalue weighted by Gasteiger charge is 2.49. The fourth-order valence-corrected chi connectivity index (χ4v) is 7.06. The van der Waals surface area contributed by atoms with Crippen molar-refractivity contribution in [3.8, 4) is 11.5 Å². The Morgan fingerprint density at radius 1 is 0.854 bits per heavy atom. The summed E-state index contributed by atoms with van der Waals surface area (Å²) in [6.45, 7) is 6.33. The summed E-state index contributed by atoms with van der Waals surface area (Å²) >= 11 is 0. The van der Waals surface area contributed by atoms with E-state index in [0.717, 1.165) is 32.2 Å². The van der Waals surface area contributed by atoms with E-state index in [1.54, 1.807) is 53.4 Å². The molecule has 3 N–H and O–H groups in total. The van der Waals surface area contributed by atoms with Gasteiger partial charge in [-0.2, -0.15) is 0 Å². The van der Waals surface area contributed by atoms with Gasteiger partial charge in [-0.1, -0.05) is 13.8 Å². The SMILES string of the molecule is CCCNC(=O)c1ccc(OP(=O)(Oc2ccc(C(=O)NCCC)cc2)[C@@H]2CCCN2C(=O)[C@@H]2CCCN2)cc1.Cl. The van der Waals surface area contributed by atoms with Crippen LogP contribution in [0.1, 0.15) is 73.1 Å². The van der Waals surface area contributed by atoms with Gasteiger partial charge in [-0.15, -0.1) is 12.4 Å². The first kappa shape index (κ1) is 32.4. The van der Waals surface area contributed by atoms with Gasteiger partial charge in [0.1, 0.15) is 11.5 Å². The van der Waals surface area contributed by atoms with Crippen LogP contribution in [0.15, 0.2) is 48.5 Å². The smallest absolute Gasteiger partial charge is 0.415 e. The Labute approximate surface area is 247 Å². The van der Waals surface area contributed by atoms with E-state index in [-0.39, 0.29) is 47.7 Å². The first-order valence-electron chi connectivity index (χ1n) is 14.1. The maximum absolute atomic E-state index is 14.6. The Morgan fingerprint density at radius 2 is 1.37 bits per heavy atom. The molecule has 0 aliphatic carbocycles. The molecule has 2 aromatic carbocycles. The number of likely N-dealkylation sites (tertiary alicyclic amines) is 1. The van der Waals surface area contributed by atoms with Crippen molar-refractivity contribution in [2.45, 2.75) is 64.2 Å². The number of nitrogens with zero attached hydrogens (tertiary/aromatic N) is 1. The number of carbonyl (C=O) groups excluding carboxylic acids is 3. The number of hydrogen-bond donors (Lipinski definition) is 3. The van der Waals surface area contributed by atoms with Crippen LogP contribution in [0, 0.1) is 0 Å². The fraction of sp³-hybridized carbons (Fsp3) is 0.483. The van der Waals surface area contributed by atoms with E-state index in [1.165, 1.54) is 0 Å². The lowest BCUT2D eigenvalue weighted by molar-refractivity contribution is -0.132. The Balaban J connectivity index is 0.00000462. The molecule has 2 atom stereocenters. The Morgan fingerprint density at radius 3 is 1.80 bits per heavy atom. The van der Waals surface area contributed by atoms with Crippen LogP contribution in [0.25, 0.3) is 0 Å². The molecule has 2 aliphatic heterocycles. The van der Waals surface area contributed by atoms with Crippen molar-refractivity contribution >= 4 is 37.7 Å². The number of amides is 3. The Bertz CT molecular complexity index is 1150. The quantitative estimate of drug-likeness (QED) is 0.298. The molecular weight excluding hydrogens is 567 g/mol. The Hall–Kier alpha value is -3.07. The van der Waals surface area contributed by atoms with E-state index in [4.69, 9.17) is 9.05 Å². The second-order valence-electron chi connectivity index (χ2n) is 10.1. The van der Waals surface area contributed by atoms with E-state index in [2.05, 4.69) is 16.0 Å². The maximum Gasteiger partial charge on any atom is 0.453 e. The highest BCUT2D eigenvalue weighted by atomic mass is 35.5. The second kappa shape index (κ2) is 15.2. The topological polar surface area (TPSA) is 126 Å². The molecule has 0 saturated carbocycles. The van der Waals surface area contributed by atoms with Crippen LogP contribution < -0.4 is 25.0 Å². The van der Waals surface area contributed by atoms with Crippen LogP contribution in [0.4, 0.5) is 0 Å². The molecule has 2 fully saturated rings. The van der Waals surface area contributed by atoms with Gasteiger partial charge in [-0.3, -0.25) is 14.4 Å². The molecule has 0 radical (unpaired) electrons. The lowest BCUT2D eigenvalue weighted by Gasteiger charge is -2.32. The number of benzene rings is 2. The first-order valence-corrected chi connectivity index (χ1v) is 15.7. The van der Waals surface area contributed by atoms with Crippen LogP contribution in [-0.4, -0.2) is 60.6 Å².